The maximum atomic E-state index is 4.48. The number of likely N-dealkylation sites (N-methyl/N-ethyl adjacent to an activating group) is 1. The van der Waals surface area contributed by atoms with Gasteiger partial charge in [-0.1, -0.05) is 0 Å². The molecule has 5 nitrogen and oxygen atoms in total. The highest BCUT2D eigenvalue weighted by Gasteiger charge is 2.18. The van der Waals surface area contributed by atoms with E-state index in [1.807, 2.05) is 18.8 Å². The number of aryl methyl sites for hydroxylation is 2. The number of hydrogen-bond acceptors (Lipinski definition) is 4. The molecule has 1 N–H and O–H groups in total. The molecule has 1 fully saturated rings. The van der Waals surface area contributed by atoms with Crippen LogP contribution in [0.3, 0.4) is 0 Å². The Balaban J connectivity index is 2.08. The Morgan fingerprint density at radius 3 is 2.41 bits per heavy atom. The van der Waals surface area contributed by atoms with E-state index in [1.165, 1.54) is 5.56 Å². The molecule has 0 aromatic carbocycles. The highest BCUT2D eigenvalue weighted by molar-refractivity contribution is 5.46. The zero-order valence-corrected chi connectivity index (χ0v) is 11.3. The molecule has 0 aliphatic carbocycles. The molecule has 1 saturated heterocycles. The second kappa shape index (κ2) is 5.06. The minimum Gasteiger partial charge on any atom is -0.373 e. The molecule has 5 heteroatoms. The number of nitrogens with zero attached hydrogens (tertiary/aromatic N) is 4. The summed E-state index contributed by atoms with van der Waals surface area (Å²) in [5.41, 5.74) is 2.47. The molecule has 96 valence electrons. The fourth-order valence-corrected chi connectivity index (χ4v) is 2.43. The van der Waals surface area contributed by atoms with Crippen LogP contribution in [0.4, 0.5) is 5.82 Å². The van der Waals surface area contributed by atoms with Gasteiger partial charge in [0.2, 0.25) is 0 Å². The summed E-state index contributed by atoms with van der Waals surface area (Å²) in [6.45, 7) is 7.71. The van der Waals surface area contributed by atoms with Crippen molar-refractivity contribution in [2.75, 3.05) is 45.6 Å². The Hall–Kier alpha value is -1.07. The second-order valence-electron chi connectivity index (χ2n) is 4.87. The lowest BCUT2D eigenvalue weighted by Crippen LogP contribution is -2.44. The van der Waals surface area contributed by atoms with Gasteiger partial charge in [-0.3, -0.25) is 9.58 Å². The zero-order valence-electron chi connectivity index (χ0n) is 11.3. The van der Waals surface area contributed by atoms with Gasteiger partial charge < -0.3 is 10.2 Å². The molecule has 2 heterocycles. The van der Waals surface area contributed by atoms with Gasteiger partial charge in [0.05, 0.1) is 5.69 Å². The van der Waals surface area contributed by atoms with Gasteiger partial charge in [0, 0.05) is 52.4 Å². The predicted octanol–water partition coefficient (Wildman–Crippen LogP) is 0.518. The summed E-state index contributed by atoms with van der Waals surface area (Å²) < 4.78 is 1.93. The summed E-state index contributed by atoms with van der Waals surface area (Å²) in [6.07, 6.45) is 0. The highest BCUT2D eigenvalue weighted by Crippen LogP contribution is 2.20. The largest absolute Gasteiger partial charge is 0.373 e. The monoisotopic (exact) mass is 237 g/mol. The molecule has 1 aromatic heterocycles. The number of anilines is 1. The van der Waals surface area contributed by atoms with E-state index in [4.69, 9.17) is 0 Å². The Morgan fingerprint density at radius 1 is 1.18 bits per heavy atom. The van der Waals surface area contributed by atoms with Crippen LogP contribution in [0, 0.1) is 6.92 Å². The number of aromatic nitrogens is 2. The molecule has 0 amide bonds. The van der Waals surface area contributed by atoms with Crippen molar-refractivity contribution in [2.45, 2.75) is 13.5 Å². The van der Waals surface area contributed by atoms with Crippen LogP contribution in [0.5, 0.6) is 0 Å². The molecule has 0 unspecified atom stereocenters. The molecule has 0 atom stereocenters. The van der Waals surface area contributed by atoms with E-state index in [0.717, 1.165) is 44.2 Å². The molecule has 1 aliphatic rings. The van der Waals surface area contributed by atoms with Crippen molar-refractivity contribution in [3.05, 3.63) is 11.3 Å². The third-order valence-corrected chi connectivity index (χ3v) is 3.56. The zero-order chi connectivity index (χ0) is 12.4. The van der Waals surface area contributed by atoms with Gasteiger partial charge in [-0.25, -0.2) is 0 Å². The molecule has 2 rings (SSSR count). The maximum absolute atomic E-state index is 4.48. The number of piperazine rings is 1. The Labute approximate surface area is 103 Å². The van der Waals surface area contributed by atoms with Crippen LogP contribution in [0.15, 0.2) is 0 Å². The van der Waals surface area contributed by atoms with Crippen molar-refractivity contribution < 1.29 is 0 Å². The van der Waals surface area contributed by atoms with Crippen molar-refractivity contribution in [2.24, 2.45) is 7.05 Å². The number of hydrogen-bond donors (Lipinski definition) is 1. The van der Waals surface area contributed by atoms with Crippen LogP contribution >= 0.6 is 0 Å². The van der Waals surface area contributed by atoms with E-state index < -0.39 is 0 Å². The first kappa shape index (κ1) is 12.4. The van der Waals surface area contributed by atoms with Crippen LogP contribution < -0.4 is 5.32 Å². The molecule has 1 aliphatic heterocycles. The molecule has 0 spiro atoms. The molecule has 1 aromatic rings. The lowest BCUT2D eigenvalue weighted by molar-refractivity contribution is 0.148. The first-order valence-electron chi connectivity index (χ1n) is 6.23. The van der Waals surface area contributed by atoms with Gasteiger partial charge in [0.1, 0.15) is 5.82 Å². The van der Waals surface area contributed by atoms with Gasteiger partial charge in [0.25, 0.3) is 0 Å². The summed E-state index contributed by atoms with van der Waals surface area (Å²) in [4.78, 5) is 4.89. The first-order valence-corrected chi connectivity index (χ1v) is 6.23. The summed E-state index contributed by atoms with van der Waals surface area (Å²) in [5, 5.41) is 7.73. The SMILES string of the molecule is CNc1c(CN2CCN(C)CC2)c(C)nn1C. The van der Waals surface area contributed by atoms with Crippen molar-refractivity contribution in [3.8, 4) is 0 Å². The smallest absolute Gasteiger partial charge is 0.128 e. The van der Waals surface area contributed by atoms with Crippen LogP contribution in [0.1, 0.15) is 11.3 Å². The molecular weight excluding hydrogens is 214 g/mol. The molecule has 0 radical (unpaired) electrons. The Bertz CT molecular complexity index is 376. The fourth-order valence-electron chi connectivity index (χ4n) is 2.43. The lowest BCUT2D eigenvalue weighted by Gasteiger charge is -2.32. The summed E-state index contributed by atoms with van der Waals surface area (Å²) in [5.74, 6) is 1.14. The Kier molecular flexibility index (Phi) is 3.69. The van der Waals surface area contributed by atoms with E-state index in [0.29, 0.717) is 0 Å². The summed E-state index contributed by atoms with van der Waals surface area (Å²) in [6, 6.07) is 0. The third kappa shape index (κ3) is 2.61. The van der Waals surface area contributed by atoms with E-state index >= 15 is 0 Å². The topological polar surface area (TPSA) is 36.3 Å². The van der Waals surface area contributed by atoms with E-state index in [-0.39, 0.29) is 0 Å². The quantitative estimate of drug-likeness (QED) is 0.831. The second-order valence-corrected chi connectivity index (χ2v) is 4.87. The highest BCUT2D eigenvalue weighted by atomic mass is 15.3. The fraction of sp³-hybridized carbons (Fsp3) is 0.750. The van der Waals surface area contributed by atoms with Crippen molar-refractivity contribution in [3.63, 3.8) is 0 Å². The van der Waals surface area contributed by atoms with Gasteiger partial charge in [0.15, 0.2) is 0 Å². The number of rotatable bonds is 3. The van der Waals surface area contributed by atoms with E-state index in [2.05, 4.69) is 34.2 Å². The average molecular weight is 237 g/mol. The van der Waals surface area contributed by atoms with Crippen LogP contribution in [-0.2, 0) is 13.6 Å². The van der Waals surface area contributed by atoms with Crippen molar-refractivity contribution >= 4 is 5.82 Å². The normalized spacial score (nSPS) is 18.6. The van der Waals surface area contributed by atoms with Crippen LogP contribution in [-0.4, -0.2) is 59.9 Å². The molecular formula is C12H23N5. The van der Waals surface area contributed by atoms with Gasteiger partial charge >= 0.3 is 0 Å². The van der Waals surface area contributed by atoms with Crippen molar-refractivity contribution in [1.29, 1.82) is 0 Å². The van der Waals surface area contributed by atoms with Crippen LogP contribution in [0.25, 0.3) is 0 Å². The first-order chi connectivity index (χ1) is 8.11. The molecule has 0 bridgehead atoms. The molecule has 0 saturated carbocycles. The van der Waals surface area contributed by atoms with Gasteiger partial charge in [-0.05, 0) is 14.0 Å². The molecule has 17 heavy (non-hydrogen) atoms. The standard InChI is InChI=1S/C12H23N5/c1-10-11(12(13-2)16(4)14-10)9-17-7-5-15(3)6-8-17/h13H,5-9H2,1-4H3. The van der Waals surface area contributed by atoms with Gasteiger partial charge in [-0.15, -0.1) is 0 Å². The maximum Gasteiger partial charge on any atom is 0.128 e. The average Bonchev–Trinajstić information content (AvgIpc) is 2.57. The minimum atomic E-state index is 1.00. The predicted molar refractivity (Wildman–Crippen MR) is 70.3 cm³/mol. The number of nitrogens with one attached hydrogen (secondary N) is 1. The lowest BCUT2D eigenvalue weighted by atomic mass is 10.2. The minimum absolute atomic E-state index is 1.00. The summed E-state index contributed by atoms with van der Waals surface area (Å²) in [7, 11) is 6.14. The summed E-state index contributed by atoms with van der Waals surface area (Å²) >= 11 is 0. The van der Waals surface area contributed by atoms with Gasteiger partial charge in [-0.2, -0.15) is 5.10 Å². The van der Waals surface area contributed by atoms with E-state index in [9.17, 15) is 0 Å². The van der Waals surface area contributed by atoms with Crippen molar-refractivity contribution in [1.82, 2.24) is 19.6 Å². The van der Waals surface area contributed by atoms with E-state index in [1.54, 1.807) is 0 Å². The van der Waals surface area contributed by atoms with Crippen LogP contribution in [0.2, 0.25) is 0 Å². The Morgan fingerprint density at radius 2 is 1.82 bits per heavy atom. The third-order valence-electron chi connectivity index (χ3n) is 3.56.